The molecule has 1 N–H and O–H groups in total. The fourth-order valence-corrected chi connectivity index (χ4v) is 2.42. The lowest BCUT2D eigenvalue weighted by molar-refractivity contribution is -0.116. The van der Waals surface area contributed by atoms with Gasteiger partial charge in [-0.2, -0.15) is 0 Å². The molecule has 0 radical (unpaired) electrons. The van der Waals surface area contributed by atoms with E-state index in [9.17, 15) is 4.79 Å². The molecule has 3 nitrogen and oxygen atoms in total. The van der Waals surface area contributed by atoms with E-state index in [-0.39, 0.29) is 12.0 Å². The molecule has 2 aromatic rings. The van der Waals surface area contributed by atoms with E-state index in [1.807, 2.05) is 44.2 Å². The molecule has 0 fully saturated rings. The van der Waals surface area contributed by atoms with Crippen LogP contribution >= 0.6 is 23.2 Å². The summed E-state index contributed by atoms with van der Waals surface area (Å²) in [4.78, 5) is 12.1. The van der Waals surface area contributed by atoms with E-state index in [1.54, 1.807) is 12.1 Å². The summed E-state index contributed by atoms with van der Waals surface area (Å²) in [5.41, 5.74) is 1.70. The summed E-state index contributed by atoms with van der Waals surface area (Å²) in [7, 11) is 0. The summed E-state index contributed by atoms with van der Waals surface area (Å²) in [6.45, 7) is 3.92. The number of ether oxygens (including phenoxy) is 1. The smallest absolute Gasteiger partial charge is 0.224 e. The SMILES string of the molecule is CC(C)Oc1cccc(NC(=O)CCc2ccc(Cl)c(Cl)c2)c1. The van der Waals surface area contributed by atoms with Gasteiger partial charge < -0.3 is 10.1 Å². The Bertz CT molecular complexity index is 686. The first kappa shape index (κ1) is 17.6. The second-order valence-corrected chi connectivity index (χ2v) is 6.31. The van der Waals surface area contributed by atoms with Gasteiger partial charge in [0, 0.05) is 18.2 Å². The van der Waals surface area contributed by atoms with Crippen LogP contribution in [0.25, 0.3) is 0 Å². The summed E-state index contributed by atoms with van der Waals surface area (Å²) in [6.07, 6.45) is 1.06. The third kappa shape index (κ3) is 5.77. The minimum absolute atomic E-state index is 0.0576. The zero-order chi connectivity index (χ0) is 16.8. The lowest BCUT2D eigenvalue weighted by atomic mass is 10.1. The molecule has 0 aromatic heterocycles. The van der Waals surface area contributed by atoms with E-state index in [0.717, 1.165) is 17.0 Å². The third-order valence-electron chi connectivity index (χ3n) is 3.11. The van der Waals surface area contributed by atoms with Crippen LogP contribution in [-0.4, -0.2) is 12.0 Å². The molecule has 0 atom stereocenters. The molecule has 1 amide bonds. The minimum atomic E-state index is -0.0576. The summed E-state index contributed by atoms with van der Waals surface area (Å²) in [6, 6.07) is 12.8. The van der Waals surface area contributed by atoms with Gasteiger partial charge in [-0.25, -0.2) is 0 Å². The Labute approximate surface area is 146 Å². The van der Waals surface area contributed by atoms with Gasteiger partial charge in [-0.15, -0.1) is 0 Å². The molecule has 2 aromatic carbocycles. The number of hydrogen-bond donors (Lipinski definition) is 1. The highest BCUT2D eigenvalue weighted by molar-refractivity contribution is 6.42. The van der Waals surface area contributed by atoms with Gasteiger partial charge in [-0.1, -0.05) is 35.3 Å². The van der Waals surface area contributed by atoms with Crippen molar-refractivity contribution < 1.29 is 9.53 Å². The first-order chi connectivity index (χ1) is 10.9. The van der Waals surface area contributed by atoms with Crippen molar-refractivity contribution in [1.29, 1.82) is 0 Å². The molecule has 0 saturated carbocycles. The van der Waals surface area contributed by atoms with E-state index in [4.69, 9.17) is 27.9 Å². The summed E-state index contributed by atoms with van der Waals surface area (Å²) >= 11 is 11.8. The average Bonchev–Trinajstić information content (AvgIpc) is 2.48. The molecule has 0 saturated heterocycles. The summed E-state index contributed by atoms with van der Waals surface area (Å²) < 4.78 is 5.61. The Morgan fingerprint density at radius 1 is 1.13 bits per heavy atom. The highest BCUT2D eigenvalue weighted by Crippen LogP contribution is 2.23. The van der Waals surface area contributed by atoms with Crippen LogP contribution in [0.1, 0.15) is 25.8 Å². The Kier molecular flexibility index (Phi) is 6.31. The number of anilines is 1. The van der Waals surface area contributed by atoms with Gasteiger partial charge >= 0.3 is 0 Å². The Morgan fingerprint density at radius 2 is 1.91 bits per heavy atom. The summed E-state index contributed by atoms with van der Waals surface area (Å²) in [5.74, 6) is 0.681. The van der Waals surface area contributed by atoms with Crippen molar-refractivity contribution in [3.05, 3.63) is 58.1 Å². The molecule has 23 heavy (non-hydrogen) atoms. The predicted octanol–water partition coefficient (Wildman–Crippen LogP) is 5.35. The number of carbonyl (C=O) groups excluding carboxylic acids is 1. The topological polar surface area (TPSA) is 38.3 Å². The van der Waals surface area contributed by atoms with Gasteiger partial charge in [-0.3, -0.25) is 4.79 Å². The van der Waals surface area contributed by atoms with Crippen LogP contribution in [0.5, 0.6) is 5.75 Å². The van der Waals surface area contributed by atoms with Crippen molar-refractivity contribution in [2.24, 2.45) is 0 Å². The van der Waals surface area contributed by atoms with Crippen LogP contribution in [0.3, 0.4) is 0 Å². The molecule has 0 unspecified atom stereocenters. The Balaban J connectivity index is 1.90. The van der Waals surface area contributed by atoms with Crippen LogP contribution in [0.2, 0.25) is 10.0 Å². The van der Waals surface area contributed by atoms with Crippen molar-refractivity contribution >= 4 is 34.8 Å². The van der Waals surface area contributed by atoms with Crippen LogP contribution in [0.4, 0.5) is 5.69 Å². The first-order valence-corrected chi connectivity index (χ1v) is 8.20. The predicted molar refractivity (Wildman–Crippen MR) is 95.6 cm³/mol. The van der Waals surface area contributed by atoms with Gasteiger partial charge in [0.05, 0.1) is 16.1 Å². The fraction of sp³-hybridized carbons (Fsp3) is 0.278. The van der Waals surface area contributed by atoms with E-state index in [2.05, 4.69) is 5.32 Å². The van der Waals surface area contributed by atoms with Gasteiger partial charge in [0.2, 0.25) is 5.91 Å². The normalized spacial score (nSPS) is 10.7. The molecule has 122 valence electrons. The zero-order valence-electron chi connectivity index (χ0n) is 13.1. The molecule has 0 bridgehead atoms. The Hall–Kier alpha value is -1.71. The van der Waals surface area contributed by atoms with Gasteiger partial charge in [-0.05, 0) is 50.1 Å². The standard InChI is InChI=1S/C18H19Cl2NO2/c1-12(2)23-15-5-3-4-14(11-15)21-18(22)9-7-13-6-8-16(19)17(20)10-13/h3-6,8,10-12H,7,9H2,1-2H3,(H,21,22). The second kappa shape index (κ2) is 8.23. The molecular weight excluding hydrogens is 333 g/mol. The van der Waals surface area contributed by atoms with E-state index >= 15 is 0 Å². The fourth-order valence-electron chi connectivity index (χ4n) is 2.10. The quantitative estimate of drug-likeness (QED) is 0.761. The number of benzene rings is 2. The molecule has 0 spiro atoms. The third-order valence-corrected chi connectivity index (χ3v) is 3.85. The van der Waals surface area contributed by atoms with Crippen molar-refractivity contribution in [3.8, 4) is 5.75 Å². The van der Waals surface area contributed by atoms with Crippen molar-refractivity contribution in [3.63, 3.8) is 0 Å². The number of halogens is 2. The van der Waals surface area contributed by atoms with Crippen molar-refractivity contribution in [2.75, 3.05) is 5.32 Å². The molecular formula is C18H19Cl2NO2. The number of carbonyl (C=O) groups is 1. The Morgan fingerprint density at radius 3 is 2.61 bits per heavy atom. The van der Waals surface area contributed by atoms with Crippen LogP contribution < -0.4 is 10.1 Å². The number of nitrogens with one attached hydrogen (secondary N) is 1. The lowest BCUT2D eigenvalue weighted by Crippen LogP contribution is -2.12. The van der Waals surface area contributed by atoms with Crippen molar-refractivity contribution in [2.45, 2.75) is 32.8 Å². The largest absolute Gasteiger partial charge is 0.491 e. The van der Waals surface area contributed by atoms with Crippen LogP contribution in [-0.2, 0) is 11.2 Å². The number of aryl methyl sites for hydroxylation is 1. The zero-order valence-corrected chi connectivity index (χ0v) is 14.6. The maximum absolute atomic E-state index is 12.1. The monoisotopic (exact) mass is 351 g/mol. The molecule has 0 heterocycles. The van der Waals surface area contributed by atoms with E-state index in [1.165, 1.54) is 0 Å². The van der Waals surface area contributed by atoms with Gasteiger partial charge in [0.15, 0.2) is 0 Å². The molecule has 5 heteroatoms. The highest BCUT2D eigenvalue weighted by atomic mass is 35.5. The van der Waals surface area contributed by atoms with Gasteiger partial charge in [0.25, 0.3) is 0 Å². The molecule has 0 aliphatic carbocycles. The maximum Gasteiger partial charge on any atom is 0.224 e. The van der Waals surface area contributed by atoms with Crippen LogP contribution in [0.15, 0.2) is 42.5 Å². The maximum atomic E-state index is 12.1. The molecule has 0 aliphatic rings. The molecule has 0 aliphatic heterocycles. The highest BCUT2D eigenvalue weighted by Gasteiger charge is 2.06. The lowest BCUT2D eigenvalue weighted by Gasteiger charge is -2.11. The first-order valence-electron chi connectivity index (χ1n) is 7.44. The van der Waals surface area contributed by atoms with E-state index in [0.29, 0.717) is 22.9 Å². The van der Waals surface area contributed by atoms with E-state index < -0.39 is 0 Å². The van der Waals surface area contributed by atoms with Crippen molar-refractivity contribution in [1.82, 2.24) is 0 Å². The van der Waals surface area contributed by atoms with Crippen LogP contribution in [0, 0.1) is 0 Å². The average molecular weight is 352 g/mol. The molecule has 2 rings (SSSR count). The minimum Gasteiger partial charge on any atom is -0.491 e. The number of rotatable bonds is 6. The number of hydrogen-bond acceptors (Lipinski definition) is 2. The second-order valence-electron chi connectivity index (χ2n) is 5.49. The summed E-state index contributed by atoms with van der Waals surface area (Å²) in [5, 5.41) is 3.89. The van der Waals surface area contributed by atoms with Gasteiger partial charge in [0.1, 0.15) is 5.75 Å². The number of amides is 1.